The maximum atomic E-state index is 10.8. The molecule has 1 aliphatic rings. The van der Waals surface area contributed by atoms with Crippen molar-refractivity contribution in [2.45, 2.75) is 19.8 Å². The largest absolute Gasteiger partial charge is 0.481 e. The minimum Gasteiger partial charge on any atom is -0.481 e. The predicted molar refractivity (Wildman–Crippen MR) is 90.8 cm³/mol. The first-order valence-corrected chi connectivity index (χ1v) is 7.64. The van der Waals surface area contributed by atoms with Gasteiger partial charge in [-0.25, -0.2) is 9.78 Å². The van der Waals surface area contributed by atoms with Gasteiger partial charge in [0.25, 0.3) is 0 Å². The van der Waals surface area contributed by atoms with Crippen molar-refractivity contribution in [1.29, 1.82) is 0 Å². The van der Waals surface area contributed by atoms with Crippen LogP contribution in [0.2, 0.25) is 0 Å². The first kappa shape index (κ1) is 18.1. The summed E-state index contributed by atoms with van der Waals surface area (Å²) in [5, 5.41) is 17.5. The lowest BCUT2D eigenvalue weighted by Crippen LogP contribution is -2.28. The van der Waals surface area contributed by atoms with Crippen LogP contribution in [-0.2, 0) is 16.0 Å². The normalized spacial score (nSPS) is 18.7. The van der Waals surface area contributed by atoms with E-state index in [9.17, 15) is 9.59 Å². The smallest absolute Gasteiger partial charge is 0.331 e. The van der Waals surface area contributed by atoms with Gasteiger partial charge in [-0.2, -0.15) is 0 Å². The van der Waals surface area contributed by atoms with Crippen molar-refractivity contribution in [1.82, 2.24) is 15.0 Å². The molecule has 0 amide bonds. The van der Waals surface area contributed by atoms with Crippen molar-refractivity contribution in [2.24, 2.45) is 5.41 Å². The Morgan fingerprint density at radius 1 is 1.24 bits per heavy atom. The molecule has 1 unspecified atom stereocenters. The minimum atomic E-state index is -1.08. The summed E-state index contributed by atoms with van der Waals surface area (Å²) in [7, 11) is 0. The number of hydrogen-bond acceptors (Lipinski definition) is 4. The Labute approximate surface area is 144 Å². The number of aliphatic carboxylic acids is 2. The Morgan fingerprint density at radius 3 is 2.60 bits per heavy atom. The molecule has 3 rings (SSSR count). The number of carboxylic acids is 2. The molecular formula is C18H19N3O4. The van der Waals surface area contributed by atoms with E-state index < -0.39 is 17.4 Å². The topological polar surface area (TPSA) is 116 Å². The average molecular weight is 341 g/mol. The van der Waals surface area contributed by atoms with Gasteiger partial charge in [-0.3, -0.25) is 9.78 Å². The molecule has 2 aromatic heterocycles. The molecule has 2 aromatic rings. The summed E-state index contributed by atoms with van der Waals surface area (Å²) in [5.74, 6) is -1.11. The summed E-state index contributed by atoms with van der Waals surface area (Å²) >= 11 is 0. The highest BCUT2D eigenvalue weighted by molar-refractivity contribution is 5.90. The van der Waals surface area contributed by atoms with Crippen LogP contribution < -0.4 is 0 Å². The van der Waals surface area contributed by atoms with Gasteiger partial charge in [-0.1, -0.05) is 24.3 Å². The van der Waals surface area contributed by atoms with Crippen molar-refractivity contribution >= 4 is 11.9 Å². The van der Waals surface area contributed by atoms with Gasteiger partial charge in [0, 0.05) is 36.3 Å². The third kappa shape index (κ3) is 5.13. The minimum absolute atomic E-state index is 0.0359. The quantitative estimate of drug-likeness (QED) is 0.786. The van der Waals surface area contributed by atoms with Gasteiger partial charge >= 0.3 is 11.9 Å². The Bertz CT molecular complexity index is 782. The van der Waals surface area contributed by atoms with E-state index in [2.05, 4.69) is 15.0 Å². The summed E-state index contributed by atoms with van der Waals surface area (Å²) in [6.07, 6.45) is 10.6. The van der Waals surface area contributed by atoms with Gasteiger partial charge < -0.3 is 15.2 Å². The summed E-state index contributed by atoms with van der Waals surface area (Å²) in [4.78, 5) is 32.7. The number of aromatic amines is 1. The van der Waals surface area contributed by atoms with Crippen LogP contribution in [0.3, 0.4) is 0 Å². The van der Waals surface area contributed by atoms with Crippen molar-refractivity contribution in [2.75, 3.05) is 0 Å². The fraction of sp³-hybridized carbons (Fsp3) is 0.222. The zero-order valence-electron chi connectivity index (χ0n) is 13.7. The van der Waals surface area contributed by atoms with E-state index in [1.807, 2.05) is 24.4 Å². The molecule has 0 aromatic carbocycles. The first-order valence-electron chi connectivity index (χ1n) is 7.64. The van der Waals surface area contributed by atoms with E-state index in [1.54, 1.807) is 12.4 Å². The number of nitrogens with zero attached hydrogens (tertiary/aromatic N) is 2. The molecular weight excluding hydrogens is 322 g/mol. The molecule has 7 nitrogen and oxygen atoms in total. The van der Waals surface area contributed by atoms with E-state index in [0.717, 1.165) is 17.9 Å². The van der Waals surface area contributed by atoms with E-state index in [0.29, 0.717) is 0 Å². The van der Waals surface area contributed by atoms with Crippen LogP contribution >= 0.6 is 0 Å². The van der Waals surface area contributed by atoms with E-state index >= 15 is 0 Å². The van der Waals surface area contributed by atoms with Crippen LogP contribution in [0.4, 0.5) is 0 Å². The van der Waals surface area contributed by atoms with Crippen LogP contribution in [0, 0.1) is 5.41 Å². The summed E-state index contributed by atoms with van der Waals surface area (Å²) in [6.45, 7) is 1.50. The second-order valence-electron chi connectivity index (χ2n) is 5.79. The number of hydrogen-bond donors (Lipinski definition) is 3. The van der Waals surface area contributed by atoms with E-state index in [4.69, 9.17) is 10.2 Å². The molecule has 1 aliphatic carbocycles. The summed E-state index contributed by atoms with van der Waals surface area (Å²) in [5.41, 5.74) is 0.0856. The zero-order valence-corrected chi connectivity index (χ0v) is 13.7. The number of pyridine rings is 1. The number of aromatic nitrogens is 3. The summed E-state index contributed by atoms with van der Waals surface area (Å²) in [6, 6.07) is 5.87. The Kier molecular flexibility index (Phi) is 5.84. The number of H-pyrrole nitrogens is 1. The van der Waals surface area contributed by atoms with Gasteiger partial charge in [-0.15, -0.1) is 0 Å². The molecule has 3 N–H and O–H groups in total. The van der Waals surface area contributed by atoms with Crippen LogP contribution in [-0.4, -0.2) is 37.1 Å². The number of carboxylic acid groups (broad SMARTS) is 2. The third-order valence-electron chi connectivity index (χ3n) is 3.71. The number of nitrogens with one attached hydrogen (secondary N) is 1. The molecule has 0 saturated heterocycles. The fourth-order valence-electron chi connectivity index (χ4n) is 2.25. The van der Waals surface area contributed by atoms with E-state index in [1.165, 1.54) is 25.2 Å². The van der Waals surface area contributed by atoms with Gasteiger partial charge in [0.05, 0.1) is 5.41 Å². The maximum Gasteiger partial charge on any atom is 0.331 e. The Morgan fingerprint density at radius 2 is 2.04 bits per heavy atom. The molecule has 2 heterocycles. The molecule has 25 heavy (non-hydrogen) atoms. The van der Waals surface area contributed by atoms with Crippen LogP contribution in [0.15, 0.2) is 60.6 Å². The molecule has 7 heteroatoms. The number of allylic oxidation sites excluding steroid dienone is 2. The fourth-order valence-corrected chi connectivity index (χ4v) is 2.25. The first-order chi connectivity index (χ1) is 11.9. The maximum absolute atomic E-state index is 10.8. The van der Waals surface area contributed by atoms with Crippen LogP contribution in [0.25, 0.3) is 0 Å². The molecule has 0 radical (unpaired) electrons. The molecule has 0 aliphatic heterocycles. The predicted octanol–water partition coefficient (Wildman–Crippen LogP) is 2.44. The van der Waals surface area contributed by atoms with Crippen molar-refractivity contribution in [3.05, 3.63) is 72.1 Å². The van der Waals surface area contributed by atoms with Crippen LogP contribution in [0.1, 0.15) is 24.9 Å². The highest BCUT2D eigenvalue weighted by Gasteiger charge is 2.34. The average Bonchev–Trinajstić information content (AvgIpc) is 3.09. The van der Waals surface area contributed by atoms with Crippen molar-refractivity contribution in [3.63, 3.8) is 0 Å². The standard InChI is InChI=1S/C9H9N3.C9H10O4/c1-2-4-10-8(3-1)7-9-11-5-6-12-9;1-9(8(12)13)4-2-3-6(5-9)7(10)11/h1-6H,7H2,(H,11,12);2-4H,5H2,1H3,(H,10,11)(H,12,13). The lowest BCUT2D eigenvalue weighted by Gasteiger charge is -2.23. The molecule has 0 bridgehead atoms. The highest BCUT2D eigenvalue weighted by Crippen LogP contribution is 2.31. The second kappa shape index (κ2) is 8.05. The monoisotopic (exact) mass is 341 g/mol. The molecule has 130 valence electrons. The molecule has 1 atom stereocenters. The molecule has 0 saturated carbocycles. The van der Waals surface area contributed by atoms with Gasteiger partial charge in [0.15, 0.2) is 0 Å². The van der Waals surface area contributed by atoms with E-state index in [-0.39, 0.29) is 12.0 Å². The lowest BCUT2D eigenvalue weighted by molar-refractivity contribution is -0.145. The number of imidazole rings is 1. The van der Waals surface area contributed by atoms with Gasteiger partial charge in [0.2, 0.25) is 0 Å². The highest BCUT2D eigenvalue weighted by atomic mass is 16.4. The van der Waals surface area contributed by atoms with Crippen molar-refractivity contribution in [3.8, 4) is 0 Å². The van der Waals surface area contributed by atoms with Gasteiger partial charge in [0.1, 0.15) is 5.82 Å². The third-order valence-corrected chi connectivity index (χ3v) is 3.71. The Hall–Kier alpha value is -3.22. The summed E-state index contributed by atoms with van der Waals surface area (Å²) < 4.78 is 0. The molecule has 0 fully saturated rings. The van der Waals surface area contributed by atoms with Gasteiger partial charge in [-0.05, 0) is 25.5 Å². The number of rotatable bonds is 4. The lowest BCUT2D eigenvalue weighted by atomic mass is 9.80. The Balaban J connectivity index is 0.000000181. The van der Waals surface area contributed by atoms with Crippen LogP contribution in [0.5, 0.6) is 0 Å². The number of carbonyl (C=O) groups is 2. The zero-order chi connectivity index (χ0) is 18.3. The SMILES string of the molecule is CC1(C(=O)O)C=CC=C(C(=O)O)C1.c1ccc(Cc2ncc[nH]2)nc1. The van der Waals surface area contributed by atoms with Crippen molar-refractivity contribution < 1.29 is 19.8 Å². The molecule has 0 spiro atoms. The second-order valence-corrected chi connectivity index (χ2v) is 5.79.